The Bertz CT molecular complexity index is 715. The molecule has 0 fully saturated rings. The van der Waals surface area contributed by atoms with Crippen LogP contribution < -0.4 is 16.0 Å². The lowest BCUT2D eigenvalue weighted by atomic mass is 10.4. The van der Waals surface area contributed by atoms with Gasteiger partial charge in [-0.15, -0.1) is 35.7 Å². The third kappa shape index (κ3) is 9.57. The van der Waals surface area contributed by atoms with Crippen molar-refractivity contribution in [2.45, 2.75) is 11.3 Å². The van der Waals surface area contributed by atoms with E-state index in [0.717, 1.165) is 23.6 Å². The Kier molecular flexibility index (Phi) is 11.4. The predicted molar refractivity (Wildman–Crippen MR) is 119 cm³/mol. The summed E-state index contributed by atoms with van der Waals surface area (Å²) in [5, 5.41) is 8.86. The molecule has 3 N–H and O–H groups in total. The number of hydrogen-bond acceptors (Lipinski definition) is 4. The fraction of sp³-hybridized carbons (Fsp3) is 0.278. The van der Waals surface area contributed by atoms with E-state index >= 15 is 0 Å². The van der Waals surface area contributed by atoms with Crippen molar-refractivity contribution in [3.05, 3.63) is 54.6 Å². The van der Waals surface area contributed by atoms with Crippen molar-refractivity contribution in [1.82, 2.24) is 15.6 Å². The summed E-state index contributed by atoms with van der Waals surface area (Å²) in [6.45, 7) is 0.830. The smallest absolute Gasteiger partial charge is 0.243 e. The molecule has 1 heterocycles. The normalized spacial score (nSPS) is 10.7. The molecule has 0 aliphatic heterocycles. The van der Waals surface area contributed by atoms with E-state index in [0.29, 0.717) is 11.6 Å². The molecular weight excluding hydrogens is 480 g/mol. The van der Waals surface area contributed by atoms with Crippen LogP contribution >= 0.6 is 35.7 Å². The summed E-state index contributed by atoms with van der Waals surface area (Å²) < 4.78 is 12.8. The molecule has 1 amide bonds. The first kappa shape index (κ1) is 23.2. The van der Waals surface area contributed by atoms with Crippen LogP contribution in [0.4, 0.5) is 10.1 Å². The number of pyridine rings is 1. The molecule has 0 aliphatic rings. The van der Waals surface area contributed by atoms with E-state index in [4.69, 9.17) is 0 Å². The second-order valence-corrected chi connectivity index (χ2v) is 6.47. The van der Waals surface area contributed by atoms with E-state index in [9.17, 15) is 9.18 Å². The minimum absolute atomic E-state index is 0. The maximum Gasteiger partial charge on any atom is 0.243 e. The minimum Gasteiger partial charge on any atom is -0.356 e. The summed E-state index contributed by atoms with van der Waals surface area (Å²) in [6.07, 6.45) is 4.14. The van der Waals surface area contributed by atoms with Crippen molar-refractivity contribution >= 4 is 53.3 Å². The first-order valence-electron chi connectivity index (χ1n) is 8.20. The lowest BCUT2D eigenvalue weighted by Crippen LogP contribution is -2.41. The number of anilines is 1. The van der Waals surface area contributed by atoms with Crippen LogP contribution in [0.2, 0.25) is 0 Å². The Morgan fingerprint density at radius 1 is 1.22 bits per heavy atom. The number of aromatic nitrogens is 1. The molecule has 0 saturated carbocycles. The molecule has 0 unspecified atom stereocenters. The number of benzene rings is 1. The van der Waals surface area contributed by atoms with E-state index in [1.807, 2.05) is 0 Å². The SMILES string of the molecule is CN=C(NCCCSc1ccc(F)cc1)NCC(=O)Nc1cccnc1.I. The van der Waals surface area contributed by atoms with E-state index in [1.165, 1.54) is 12.1 Å². The number of nitrogens with zero attached hydrogens (tertiary/aromatic N) is 2. The Labute approximate surface area is 179 Å². The Morgan fingerprint density at radius 3 is 2.67 bits per heavy atom. The van der Waals surface area contributed by atoms with Crippen LogP contribution in [0.25, 0.3) is 0 Å². The van der Waals surface area contributed by atoms with Gasteiger partial charge in [-0.3, -0.25) is 14.8 Å². The number of nitrogens with one attached hydrogen (secondary N) is 3. The summed E-state index contributed by atoms with van der Waals surface area (Å²) in [5.41, 5.74) is 0.653. The average Bonchev–Trinajstić information content (AvgIpc) is 2.66. The third-order valence-electron chi connectivity index (χ3n) is 3.28. The molecule has 2 rings (SSSR count). The molecule has 1 aromatic carbocycles. The lowest BCUT2D eigenvalue weighted by Gasteiger charge is -2.12. The van der Waals surface area contributed by atoms with Crippen molar-refractivity contribution in [3.63, 3.8) is 0 Å². The van der Waals surface area contributed by atoms with E-state index in [1.54, 1.807) is 55.5 Å². The standard InChI is InChI=1S/C18H22FN5OS.HI/c1-20-18(23-13-17(25)24-15-4-2-9-21-12-15)22-10-3-11-26-16-7-5-14(19)6-8-16;/h2,4-9,12H,3,10-11,13H2,1H3,(H,24,25)(H2,20,22,23);1H. The van der Waals surface area contributed by atoms with E-state index in [2.05, 4.69) is 25.9 Å². The molecule has 0 spiro atoms. The molecule has 1 aromatic heterocycles. The van der Waals surface area contributed by atoms with Gasteiger partial charge in [-0.1, -0.05) is 0 Å². The number of aliphatic imine (C=N–C) groups is 1. The Hall–Kier alpha value is -1.88. The van der Waals surface area contributed by atoms with Gasteiger partial charge in [0.25, 0.3) is 0 Å². The van der Waals surface area contributed by atoms with Crippen LogP contribution in [-0.2, 0) is 4.79 Å². The fourth-order valence-electron chi connectivity index (χ4n) is 2.03. The summed E-state index contributed by atoms with van der Waals surface area (Å²) in [5.74, 6) is 1.07. The number of guanidine groups is 1. The van der Waals surface area contributed by atoms with E-state index < -0.39 is 0 Å². The maximum absolute atomic E-state index is 12.8. The molecule has 2 aromatic rings. The summed E-state index contributed by atoms with van der Waals surface area (Å²) in [6, 6.07) is 10.00. The molecular formula is C18H23FIN5OS. The first-order valence-corrected chi connectivity index (χ1v) is 9.18. The zero-order valence-corrected chi connectivity index (χ0v) is 18.1. The molecule has 0 bridgehead atoms. The van der Waals surface area contributed by atoms with Crippen LogP contribution in [-0.4, -0.2) is 42.7 Å². The Balaban J connectivity index is 0.00000364. The van der Waals surface area contributed by atoms with Crippen LogP contribution in [0.15, 0.2) is 58.7 Å². The molecule has 146 valence electrons. The molecule has 0 saturated heterocycles. The van der Waals surface area contributed by atoms with Crippen molar-refractivity contribution in [3.8, 4) is 0 Å². The molecule has 0 radical (unpaired) electrons. The number of hydrogen-bond donors (Lipinski definition) is 3. The second kappa shape index (κ2) is 13.3. The second-order valence-electron chi connectivity index (χ2n) is 5.30. The van der Waals surface area contributed by atoms with Gasteiger partial charge in [0, 0.05) is 24.7 Å². The number of carbonyl (C=O) groups excluding carboxylic acids is 1. The summed E-state index contributed by atoms with van der Waals surface area (Å²) >= 11 is 1.67. The summed E-state index contributed by atoms with van der Waals surface area (Å²) in [4.78, 5) is 20.9. The van der Waals surface area contributed by atoms with Crippen molar-refractivity contribution in [2.75, 3.05) is 31.2 Å². The zero-order valence-electron chi connectivity index (χ0n) is 14.9. The van der Waals surface area contributed by atoms with Crippen LogP contribution in [0, 0.1) is 5.82 Å². The largest absolute Gasteiger partial charge is 0.356 e. The predicted octanol–water partition coefficient (Wildman–Crippen LogP) is 3.12. The van der Waals surface area contributed by atoms with Gasteiger partial charge in [0.2, 0.25) is 5.91 Å². The number of thioether (sulfide) groups is 1. The van der Waals surface area contributed by atoms with Crippen molar-refractivity contribution in [2.24, 2.45) is 4.99 Å². The van der Waals surface area contributed by atoms with Crippen molar-refractivity contribution < 1.29 is 9.18 Å². The van der Waals surface area contributed by atoms with Crippen LogP contribution in [0.1, 0.15) is 6.42 Å². The highest BCUT2D eigenvalue weighted by Gasteiger charge is 2.04. The maximum atomic E-state index is 12.8. The first-order chi connectivity index (χ1) is 12.7. The lowest BCUT2D eigenvalue weighted by molar-refractivity contribution is -0.115. The minimum atomic E-state index is -0.224. The monoisotopic (exact) mass is 503 g/mol. The van der Waals surface area contributed by atoms with Gasteiger partial charge in [-0.25, -0.2) is 4.39 Å². The molecule has 9 heteroatoms. The van der Waals surface area contributed by atoms with Gasteiger partial charge in [-0.2, -0.15) is 0 Å². The number of carbonyl (C=O) groups is 1. The van der Waals surface area contributed by atoms with Gasteiger partial charge in [0.1, 0.15) is 5.82 Å². The van der Waals surface area contributed by atoms with Gasteiger partial charge in [0.05, 0.1) is 18.4 Å². The molecule has 27 heavy (non-hydrogen) atoms. The highest BCUT2D eigenvalue weighted by Crippen LogP contribution is 2.18. The summed E-state index contributed by atoms with van der Waals surface area (Å²) in [7, 11) is 1.65. The van der Waals surface area contributed by atoms with Crippen molar-refractivity contribution in [1.29, 1.82) is 0 Å². The number of rotatable bonds is 8. The van der Waals surface area contributed by atoms with E-state index in [-0.39, 0.29) is 42.2 Å². The number of halogens is 2. The van der Waals surface area contributed by atoms with Gasteiger partial charge >= 0.3 is 0 Å². The van der Waals surface area contributed by atoms with Crippen LogP contribution in [0.3, 0.4) is 0 Å². The quantitative estimate of drug-likeness (QED) is 0.170. The molecule has 0 atom stereocenters. The zero-order chi connectivity index (χ0) is 18.6. The third-order valence-corrected chi connectivity index (χ3v) is 4.38. The Morgan fingerprint density at radius 2 is 2.00 bits per heavy atom. The number of amides is 1. The molecule has 6 nitrogen and oxygen atoms in total. The van der Waals surface area contributed by atoms with Gasteiger partial charge in [0.15, 0.2) is 5.96 Å². The average molecular weight is 503 g/mol. The highest BCUT2D eigenvalue weighted by molar-refractivity contribution is 14.0. The van der Waals surface area contributed by atoms with Crippen LogP contribution in [0.5, 0.6) is 0 Å². The van der Waals surface area contributed by atoms with Gasteiger partial charge in [-0.05, 0) is 48.6 Å². The fourth-order valence-corrected chi connectivity index (χ4v) is 2.88. The topological polar surface area (TPSA) is 78.4 Å². The molecule has 0 aliphatic carbocycles. The highest BCUT2D eigenvalue weighted by atomic mass is 127. The van der Waals surface area contributed by atoms with Gasteiger partial charge < -0.3 is 16.0 Å².